The fourth-order valence-electron chi connectivity index (χ4n) is 3.12. The maximum absolute atomic E-state index is 11.4. The van der Waals surface area contributed by atoms with Gasteiger partial charge < -0.3 is 9.47 Å². The summed E-state index contributed by atoms with van der Waals surface area (Å²) in [6, 6.07) is 8.31. The van der Waals surface area contributed by atoms with Crippen LogP contribution < -0.4 is 0 Å². The largest absolute Gasteiger partial charge is 0.343 e. The van der Waals surface area contributed by atoms with E-state index >= 15 is 0 Å². The molecule has 3 rings (SSSR count). The van der Waals surface area contributed by atoms with Crippen LogP contribution in [0.4, 0.5) is 0 Å². The number of piperidine rings is 1. The molecule has 1 fully saturated rings. The van der Waals surface area contributed by atoms with Crippen LogP contribution in [0, 0.1) is 12.8 Å². The van der Waals surface area contributed by atoms with Gasteiger partial charge >= 0.3 is 0 Å². The highest BCUT2D eigenvalue weighted by molar-refractivity contribution is 5.75. The average molecular weight is 271 g/mol. The van der Waals surface area contributed by atoms with E-state index in [-0.39, 0.29) is 5.91 Å². The number of aryl methyl sites for hydroxylation is 1. The number of carbonyl (C=O) groups is 1. The van der Waals surface area contributed by atoms with E-state index in [2.05, 4.69) is 34.7 Å². The van der Waals surface area contributed by atoms with Gasteiger partial charge in [-0.3, -0.25) is 4.79 Å². The lowest BCUT2D eigenvalue weighted by molar-refractivity contribution is -0.130. The number of hydrogen-bond donors (Lipinski definition) is 0. The standard InChI is InChI=1S/C16H21N3O/c1-12-17-15-5-3-4-6-16(15)19(12)11-14-7-9-18(10-8-14)13(2)20/h3-6,14H,7-11H2,1-2H3. The molecule has 0 atom stereocenters. The van der Waals surface area contributed by atoms with E-state index in [1.165, 1.54) is 5.52 Å². The van der Waals surface area contributed by atoms with Crippen molar-refractivity contribution >= 4 is 16.9 Å². The molecular formula is C16H21N3O. The van der Waals surface area contributed by atoms with E-state index in [0.717, 1.165) is 43.8 Å². The van der Waals surface area contributed by atoms with Crippen molar-refractivity contribution in [3.05, 3.63) is 30.1 Å². The van der Waals surface area contributed by atoms with Crippen molar-refractivity contribution in [2.45, 2.75) is 33.2 Å². The molecule has 1 aliphatic heterocycles. The summed E-state index contributed by atoms with van der Waals surface area (Å²) in [5.41, 5.74) is 2.30. The predicted octanol–water partition coefficient (Wildman–Crippen LogP) is 2.60. The summed E-state index contributed by atoms with van der Waals surface area (Å²) >= 11 is 0. The zero-order valence-electron chi connectivity index (χ0n) is 12.2. The molecule has 1 aliphatic rings. The molecule has 0 saturated carbocycles. The Kier molecular flexibility index (Phi) is 3.47. The Morgan fingerprint density at radius 3 is 2.70 bits per heavy atom. The van der Waals surface area contributed by atoms with Crippen molar-refractivity contribution in [1.29, 1.82) is 0 Å². The molecule has 2 heterocycles. The van der Waals surface area contributed by atoms with Gasteiger partial charge in [0.2, 0.25) is 5.91 Å². The molecule has 1 aromatic carbocycles. The third kappa shape index (κ3) is 2.42. The van der Waals surface area contributed by atoms with Crippen LogP contribution in [0.3, 0.4) is 0 Å². The summed E-state index contributed by atoms with van der Waals surface area (Å²) in [6.45, 7) is 6.54. The lowest BCUT2D eigenvalue weighted by atomic mass is 9.96. The predicted molar refractivity (Wildman–Crippen MR) is 79.4 cm³/mol. The van der Waals surface area contributed by atoms with Gasteiger partial charge in [-0.25, -0.2) is 4.98 Å². The number of carbonyl (C=O) groups excluding carboxylic acids is 1. The molecule has 1 saturated heterocycles. The number of fused-ring (bicyclic) bond motifs is 1. The quantitative estimate of drug-likeness (QED) is 0.842. The Morgan fingerprint density at radius 2 is 2.00 bits per heavy atom. The van der Waals surface area contributed by atoms with Crippen LogP contribution in [0.25, 0.3) is 11.0 Å². The lowest BCUT2D eigenvalue weighted by Gasteiger charge is -2.31. The number of imidazole rings is 1. The zero-order valence-corrected chi connectivity index (χ0v) is 12.2. The third-order valence-electron chi connectivity index (χ3n) is 4.35. The van der Waals surface area contributed by atoms with Crippen LogP contribution in [0.2, 0.25) is 0 Å². The Morgan fingerprint density at radius 1 is 1.30 bits per heavy atom. The minimum absolute atomic E-state index is 0.202. The van der Waals surface area contributed by atoms with Crippen molar-refractivity contribution < 1.29 is 4.79 Å². The first-order valence-electron chi connectivity index (χ1n) is 7.32. The molecule has 1 aromatic heterocycles. The first-order valence-corrected chi connectivity index (χ1v) is 7.32. The molecule has 20 heavy (non-hydrogen) atoms. The normalized spacial score (nSPS) is 16.8. The van der Waals surface area contributed by atoms with Crippen LogP contribution in [0.1, 0.15) is 25.6 Å². The van der Waals surface area contributed by atoms with Crippen molar-refractivity contribution in [2.24, 2.45) is 5.92 Å². The van der Waals surface area contributed by atoms with Gasteiger partial charge in [0.05, 0.1) is 11.0 Å². The highest BCUT2D eigenvalue weighted by Gasteiger charge is 2.22. The Balaban J connectivity index is 1.74. The van der Waals surface area contributed by atoms with Gasteiger partial charge in [-0.1, -0.05) is 12.1 Å². The molecule has 4 heteroatoms. The molecule has 0 unspecified atom stereocenters. The minimum Gasteiger partial charge on any atom is -0.343 e. The van der Waals surface area contributed by atoms with Crippen molar-refractivity contribution in [3.63, 3.8) is 0 Å². The smallest absolute Gasteiger partial charge is 0.219 e. The molecule has 0 radical (unpaired) electrons. The van der Waals surface area contributed by atoms with Gasteiger partial charge in [-0.15, -0.1) is 0 Å². The van der Waals surface area contributed by atoms with E-state index in [1.54, 1.807) is 6.92 Å². The molecule has 0 bridgehead atoms. The van der Waals surface area contributed by atoms with Crippen molar-refractivity contribution in [3.8, 4) is 0 Å². The van der Waals surface area contributed by atoms with E-state index in [9.17, 15) is 4.79 Å². The number of rotatable bonds is 2. The molecule has 106 valence electrons. The van der Waals surface area contributed by atoms with Gasteiger partial charge in [0, 0.05) is 26.6 Å². The summed E-state index contributed by atoms with van der Waals surface area (Å²) in [4.78, 5) is 17.9. The highest BCUT2D eigenvalue weighted by atomic mass is 16.2. The van der Waals surface area contributed by atoms with Gasteiger partial charge in [-0.2, -0.15) is 0 Å². The van der Waals surface area contributed by atoms with E-state index in [4.69, 9.17) is 0 Å². The second-order valence-electron chi connectivity index (χ2n) is 5.71. The van der Waals surface area contributed by atoms with Crippen LogP contribution in [-0.2, 0) is 11.3 Å². The van der Waals surface area contributed by atoms with E-state index < -0.39 is 0 Å². The second kappa shape index (κ2) is 5.27. The van der Waals surface area contributed by atoms with E-state index in [0.29, 0.717) is 5.92 Å². The van der Waals surface area contributed by atoms with Crippen LogP contribution in [0.5, 0.6) is 0 Å². The summed E-state index contributed by atoms with van der Waals surface area (Å²) < 4.78 is 2.32. The second-order valence-corrected chi connectivity index (χ2v) is 5.71. The maximum Gasteiger partial charge on any atom is 0.219 e. The third-order valence-corrected chi connectivity index (χ3v) is 4.35. The Bertz CT molecular complexity index is 624. The lowest BCUT2D eigenvalue weighted by Crippen LogP contribution is -2.38. The monoisotopic (exact) mass is 271 g/mol. The summed E-state index contributed by atoms with van der Waals surface area (Å²) in [7, 11) is 0. The van der Waals surface area contributed by atoms with Crippen LogP contribution in [-0.4, -0.2) is 33.4 Å². The SMILES string of the molecule is CC(=O)N1CCC(Cn2c(C)nc3ccccc32)CC1. The first kappa shape index (κ1) is 13.2. The average Bonchev–Trinajstić information content (AvgIpc) is 2.76. The van der Waals surface area contributed by atoms with Gasteiger partial charge in [0.15, 0.2) is 0 Å². The van der Waals surface area contributed by atoms with Gasteiger partial charge in [-0.05, 0) is 37.8 Å². The van der Waals surface area contributed by atoms with Crippen molar-refractivity contribution in [2.75, 3.05) is 13.1 Å². The number of aromatic nitrogens is 2. The topological polar surface area (TPSA) is 38.1 Å². The van der Waals surface area contributed by atoms with Crippen LogP contribution in [0.15, 0.2) is 24.3 Å². The van der Waals surface area contributed by atoms with E-state index in [1.807, 2.05) is 11.0 Å². The molecule has 1 amide bonds. The van der Waals surface area contributed by atoms with Crippen molar-refractivity contribution in [1.82, 2.24) is 14.5 Å². The number of para-hydroxylation sites is 2. The molecule has 0 N–H and O–H groups in total. The van der Waals surface area contributed by atoms with Crippen LogP contribution >= 0.6 is 0 Å². The fourth-order valence-corrected chi connectivity index (χ4v) is 3.12. The fraction of sp³-hybridized carbons (Fsp3) is 0.500. The number of likely N-dealkylation sites (tertiary alicyclic amines) is 1. The van der Waals surface area contributed by atoms with Gasteiger partial charge in [0.1, 0.15) is 5.82 Å². The molecule has 0 spiro atoms. The van der Waals surface area contributed by atoms with Gasteiger partial charge in [0.25, 0.3) is 0 Å². The number of nitrogens with zero attached hydrogens (tertiary/aromatic N) is 3. The number of hydrogen-bond acceptors (Lipinski definition) is 2. The molecule has 2 aromatic rings. The summed E-state index contributed by atoms with van der Waals surface area (Å²) in [6.07, 6.45) is 2.18. The number of amides is 1. The molecular weight excluding hydrogens is 250 g/mol. The minimum atomic E-state index is 0.202. The Labute approximate surface area is 119 Å². The molecule has 0 aliphatic carbocycles. The highest BCUT2D eigenvalue weighted by Crippen LogP contribution is 2.23. The Hall–Kier alpha value is -1.84. The first-order chi connectivity index (χ1) is 9.65. The molecule has 4 nitrogen and oxygen atoms in total. The summed E-state index contributed by atoms with van der Waals surface area (Å²) in [5, 5.41) is 0. The number of benzene rings is 1. The maximum atomic E-state index is 11.4. The zero-order chi connectivity index (χ0) is 14.1. The summed E-state index contributed by atoms with van der Waals surface area (Å²) in [5.74, 6) is 1.93.